The Kier molecular flexibility index (Phi) is 4.56. The molecule has 0 radical (unpaired) electrons. The molecule has 4 heteroatoms. The van der Waals surface area contributed by atoms with Crippen LogP contribution in [0.2, 0.25) is 0 Å². The fourth-order valence-corrected chi connectivity index (χ4v) is 1.87. The number of alkyl halides is 3. The molecule has 0 N–H and O–H groups in total. The lowest BCUT2D eigenvalue weighted by atomic mass is 9.99. The van der Waals surface area contributed by atoms with E-state index in [1.807, 2.05) is 34.6 Å². The summed E-state index contributed by atoms with van der Waals surface area (Å²) >= 11 is 0. The molecule has 104 valence electrons. The molecule has 0 spiro atoms. The van der Waals surface area contributed by atoms with Gasteiger partial charge in [0.25, 0.3) is 0 Å². The predicted octanol–water partition coefficient (Wildman–Crippen LogP) is 5.21. The molecule has 0 aliphatic carbocycles. The first kappa shape index (κ1) is 15.5. The molecule has 0 fully saturated rings. The Balaban J connectivity index is 0.000000861. The van der Waals surface area contributed by atoms with Crippen molar-refractivity contribution in [2.45, 2.75) is 40.8 Å². The molecule has 0 bridgehead atoms. The highest BCUT2D eigenvalue weighted by Crippen LogP contribution is 2.30. The highest BCUT2D eigenvalue weighted by atomic mass is 19.4. The number of halogens is 3. The zero-order valence-electron chi connectivity index (χ0n) is 11.8. The van der Waals surface area contributed by atoms with Gasteiger partial charge >= 0.3 is 6.18 Å². The summed E-state index contributed by atoms with van der Waals surface area (Å²) in [5, 5.41) is 0.779. The van der Waals surface area contributed by atoms with Gasteiger partial charge in [0.05, 0.1) is 5.52 Å². The van der Waals surface area contributed by atoms with Crippen LogP contribution in [0.1, 0.15) is 36.2 Å². The van der Waals surface area contributed by atoms with Crippen molar-refractivity contribution < 1.29 is 13.2 Å². The molecule has 19 heavy (non-hydrogen) atoms. The van der Waals surface area contributed by atoms with Crippen LogP contribution < -0.4 is 0 Å². The third-order valence-corrected chi connectivity index (χ3v) is 3.13. The number of pyridine rings is 1. The minimum absolute atomic E-state index is 0.403. The van der Waals surface area contributed by atoms with Gasteiger partial charge in [-0.1, -0.05) is 19.9 Å². The van der Waals surface area contributed by atoms with Crippen LogP contribution in [-0.2, 0) is 6.18 Å². The third-order valence-electron chi connectivity index (χ3n) is 3.13. The van der Waals surface area contributed by atoms with E-state index in [1.54, 1.807) is 6.07 Å². The molecule has 0 aliphatic rings. The van der Waals surface area contributed by atoms with Gasteiger partial charge in [0.2, 0.25) is 0 Å². The van der Waals surface area contributed by atoms with E-state index in [2.05, 4.69) is 4.98 Å². The number of nitrogens with zero attached hydrogens (tertiary/aromatic N) is 1. The molecule has 0 saturated carbocycles. The van der Waals surface area contributed by atoms with E-state index in [0.717, 1.165) is 28.1 Å². The molecule has 1 nitrogen and oxygen atoms in total. The molecular formula is C15H18F3N. The standard InChI is InChI=1S/C13H12F3N.C2H6/c1-7-6-11-10(9(3)8(7)2)4-5-12(17-11)13(14,15)16;1-2/h4-6H,1-3H3;1-2H3. The Morgan fingerprint density at radius 2 is 1.53 bits per heavy atom. The van der Waals surface area contributed by atoms with E-state index >= 15 is 0 Å². The van der Waals surface area contributed by atoms with E-state index in [1.165, 1.54) is 6.07 Å². The van der Waals surface area contributed by atoms with Crippen molar-refractivity contribution in [3.8, 4) is 0 Å². The highest BCUT2D eigenvalue weighted by Gasteiger charge is 2.32. The van der Waals surface area contributed by atoms with Gasteiger partial charge in [0.15, 0.2) is 0 Å². The largest absolute Gasteiger partial charge is 0.433 e. The lowest BCUT2D eigenvalue weighted by molar-refractivity contribution is -0.140. The Morgan fingerprint density at radius 1 is 0.947 bits per heavy atom. The Labute approximate surface area is 111 Å². The molecule has 1 heterocycles. The average Bonchev–Trinajstić information content (AvgIpc) is 2.37. The SMILES string of the molecule is CC.Cc1cc2nc(C(F)(F)F)ccc2c(C)c1C. The minimum atomic E-state index is -4.39. The van der Waals surface area contributed by atoms with Crippen molar-refractivity contribution in [3.05, 3.63) is 40.6 Å². The summed E-state index contributed by atoms with van der Waals surface area (Å²) in [4.78, 5) is 3.68. The fourth-order valence-electron chi connectivity index (χ4n) is 1.87. The smallest absolute Gasteiger partial charge is 0.243 e. The van der Waals surface area contributed by atoms with Crippen molar-refractivity contribution in [2.24, 2.45) is 0 Å². The van der Waals surface area contributed by atoms with E-state index < -0.39 is 11.9 Å². The van der Waals surface area contributed by atoms with E-state index in [9.17, 15) is 13.2 Å². The molecule has 0 aliphatic heterocycles. The quantitative estimate of drug-likeness (QED) is 0.640. The second-order valence-corrected chi connectivity index (χ2v) is 4.20. The number of aromatic nitrogens is 1. The van der Waals surface area contributed by atoms with Gasteiger partial charge < -0.3 is 0 Å². The van der Waals surface area contributed by atoms with Crippen LogP contribution >= 0.6 is 0 Å². The number of fused-ring (bicyclic) bond motifs is 1. The van der Waals surface area contributed by atoms with Crippen molar-refractivity contribution in [1.82, 2.24) is 4.98 Å². The van der Waals surface area contributed by atoms with Gasteiger partial charge in [-0.2, -0.15) is 13.2 Å². The van der Waals surface area contributed by atoms with Crippen LogP contribution in [0, 0.1) is 20.8 Å². The van der Waals surface area contributed by atoms with Crippen molar-refractivity contribution in [3.63, 3.8) is 0 Å². The molecule has 0 saturated heterocycles. The lowest BCUT2D eigenvalue weighted by Gasteiger charge is -2.11. The van der Waals surface area contributed by atoms with Crippen molar-refractivity contribution in [2.75, 3.05) is 0 Å². The summed E-state index contributed by atoms with van der Waals surface area (Å²) in [5.74, 6) is 0. The normalized spacial score (nSPS) is 11.2. The van der Waals surface area contributed by atoms with Gasteiger partial charge in [0, 0.05) is 5.39 Å². The number of benzene rings is 1. The van der Waals surface area contributed by atoms with Crippen LogP contribution in [0.4, 0.5) is 13.2 Å². The first-order valence-electron chi connectivity index (χ1n) is 6.25. The van der Waals surface area contributed by atoms with Crippen LogP contribution in [0.15, 0.2) is 18.2 Å². The maximum atomic E-state index is 12.5. The maximum absolute atomic E-state index is 12.5. The molecule has 0 amide bonds. The summed E-state index contributed by atoms with van der Waals surface area (Å²) in [7, 11) is 0. The van der Waals surface area contributed by atoms with E-state index in [0.29, 0.717) is 5.52 Å². The summed E-state index contributed by atoms with van der Waals surface area (Å²) in [6, 6.07) is 4.23. The second-order valence-electron chi connectivity index (χ2n) is 4.20. The van der Waals surface area contributed by atoms with Gasteiger partial charge in [-0.25, -0.2) is 4.98 Å². The summed E-state index contributed by atoms with van der Waals surface area (Å²) < 4.78 is 37.6. The topological polar surface area (TPSA) is 12.9 Å². The number of rotatable bonds is 0. The Morgan fingerprint density at radius 3 is 2.05 bits per heavy atom. The van der Waals surface area contributed by atoms with Gasteiger partial charge in [-0.05, 0) is 49.6 Å². The zero-order valence-corrected chi connectivity index (χ0v) is 11.8. The molecule has 1 aromatic heterocycles. The summed E-state index contributed by atoms with van der Waals surface area (Å²) in [5.41, 5.74) is 2.61. The Bertz CT molecular complexity index is 586. The van der Waals surface area contributed by atoms with Crippen molar-refractivity contribution >= 4 is 10.9 Å². The number of aryl methyl sites for hydroxylation is 2. The molecular weight excluding hydrogens is 251 g/mol. The summed E-state index contributed by atoms with van der Waals surface area (Å²) in [6.07, 6.45) is -4.39. The number of hydrogen-bond donors (Lipinski definition) is 0. The zero-order chi connectivity index (χ0) is 14.8. The average molecular weight is 269 g/mol. The molecule has 0 atom stereocenters. The highest BCUT2D eigenvalue weighted by molar-refractivity contribution is 5.84. The van der Waals surface area contributed by atoms with Crippen molar-refractivity contribution in [1.29, 1.82) is 0 Å². The van der Waals surface area contributed by atoms with Gasteiger partial charge in [-0.15, -0.1) is 0 Å². The van der Waals surface area contributed by atoms with Crippen LogP contribution in [-0.4, -0.2) is 4.98 Å². The molecule has 1 aromatic carbocycles. The maximum Gasteiger partial charge on any atom is 0.433 e. The van der Waals surface area contributed by atoms with Crippen LogP contribution in [0.5, 0.6) is 0 Å². The molecule has 2 aromatic rings. The first-order valence-corrected chi connectivity index (χ1v) is 6.25. The second kappa shape index (κ2) is 5.59. The third kappa shape index (κ3) is 3.06. The monoisotopic (exact) mass is 269 g/mol. The Hall–Kier alpha value is -1.58. The van der Waals surface area contributed by atoms with Gasteiger partial charge in [0.1, 0.15) is 5.69 Å². The number of hydrogen-bond acceptors (Lipinski definition) is 1. The molecule has 0 unspecified atom stereocenters. The minimum Gasteiger partial charge on any atom is -0.243 e. The van der Waals surface area contributed by atoms with Crippen LogP contribution in [0.25, 0.3) is 10.9 Å². The van der Waals surface area contributed by atoms with Crippen LogP contribution in [0.3, 0.4) is 0 Å². The fraction of sp³-hybridized carbons (Fsp3) is 0.400. The predicted molar refractivity (Wildman–Crippen MR) is 72.3 cm³/mol. The van der Waals surface area contributed by atoms with Gasteiger partial charge in [-0.3, -0.25) is 0 Å². The first-order chi connectivity index (χ1) is 8.80. The lowest BCUT2D eigenvalue weighted by Crippen LogP contribution is -2.08. The summed E-state index contributed by atoms with van der Waals surface area (Å²) in [6.45, 7) is 9.74. The molecule has 2 rings (SSSR count). The van der Waals surface area contributed by atoms with E-state index in [-0.39, 0.29) is 0 Å². The van der Waals surface area contributed by atoms with E-state index in [4.69, 9.17) is 0 Å².